The fraction of sp³-hybridized carbons (Fsp3) is 0.692. The maximum Gasteiger partial charge on any atom is 0.255 e. The Balaban J connectivity index is 2.66. The van der Waals surface area contributed by atoms with Crippen LogP contribution in [0.15, 0.2) is 0 Å². The molecule has 0 fully saturated rings. The SMILES string of the molecule is CCn1nc(C)c(C(=O)NCC(O)CN(C)C)c1C. The summed E-state index contributed by atoms with van der Waals surface area (Å²) in [7, 11) is 3.76. The van der Waals surface area contributed by atoms with Crippen molar-refractivity contribution < 1.29 is 9.90 Å². The highest BCUT2D eigenvalue weighted by Gasteiger charge is 2.18. The second-order valence-corrected chi connectivity index (χ2v) is 4.99. The normalized spacial score (nSPS) is 12.8. The van der Waals surface area contributed by atoms with Crippen molar-refractivity contribution in [3.05, 3.63) is 17.0 Å². The Kier molecular flexibility index (Phi) is 5.50. The molecule has 108 valence electrons. The smallest absolute Gasteiger partial charge is 0.255 e. The zero-order valence-electron chi connectivity index (χ0n) is 12.4. The van der Waals surface area contributed by atoms with Gasteiger partial charge in [0.05, 0.1) is 17.4 Å². The number of aliphatic hydroxyl groups excluding tert-OH is 1. The second kappa shape index (κ2) is 6.68. The van der Waals surface area contributed by atoms with E-state index in [4.69, 9.17) is 0 Å². The molecule has 0 radical (unpaired) electrons. The number of hydrogen-bond acceptors (Lipinski definition) is 4. The van der Waals surface area contributed by atoms with E-state index in [1.165, 1.54) is 0 Å². The fourth-order valence-corrected chi connectivity index (χ4v) is 2.12. The van der Waals surface area contributed by atoms with Crippen LogP contribution in [0.5, 0.6) is 0 Å². The molecule has 6 heteroatoms. The zero-order valence-corrected chi connectivity index (χ0v) is 12.4. The molecule has 1 aromatic rings. The van der Waals surface area contributed by atoms with Crippen LogP contribution >= 0.6 is 0 Å². The molecule has 1 unspecified atom stereocenters. The molecule has 0 spiro atoms. The lowest BCUT2D eigenvalue weighted by Gasteiger charge is -2.16. The van der Waals surface area contributed by atoms with Crippen molar-refractivity contribution in [3.8, 4) is 0 Å². The molecule has 0 aliphatic rings. The highest BCUT2D eigenvalue weighted by molar-refractivity contribution is 5.96. The van der Waals surface area contributed by atoms with E-state index in [0.717, 1.165) is 17.9 Å². The minimum atomic E-state index is -0.569. The predicted octanol–water partition coefficient (Wildman–Crippen LogP) is 0.172. The molecule has 0 aromatic carbocycles. The number of aliphatic hydroxyl groups is 1. The predicted molar refractivity (Wildman–Crippen MR) is 74.3 cm³/mol. The molecule has 1 aromatic heterocycles. The van der Waals surface area contributed by atoms with Crippen LogP contribution in [0.4, 0.5) is 0 Å². The quantitative estimate of drug-likeness (QED) is 0.772. The summed E-state index contributed by atoms with van der Waals surface area (Å²) in [5.41, 5.74) is 2.19. The van der Waals surface area contributed by atoms with Crippen molar-refractivity contribution in [2.75, 3.05) is 27.2 Å². The number of hydrogen-bond donors (Lipinski definition) is 2. The Hall–Kier alpha value is -1.40. The first-order valence-corrected chi connectivity index (χ1v) is 6.51. The number of likely N-dealkylation sites (N-methyl/N-ethyl adjacent to an activating group) is 1. The van der Waals surface area contributed by atoms with Crippen molar-refractivity contribution in [1.82, 2.24) is 20.0 Å². The van der Waals surface area contributed by atoms with Crippen molar-refractivity contribution in [1.29, 1.82) is 0 Å². The summed E-state index contributed by atoms with van der Waals surface area (Å²) in [5.74, 6) is -0.174. The third-order valence-electron chi connectivity index (χ3n) is 2.98. The third kappa shape index (κ3) is 4.04. The number of carbonyl (C=O) groups is 1. The molecule has 1 heterocycles. The molecular weight excluding hydrogens is 244 g/mol. The third-order valence-corrected chi connectivity index (χ3v) is 2.98. The molecule has 6 nitrogen and oxygen atoms in total. The van der Waals surface area contributed by atoms with E-state index in [0.29, 0.717) is 12.1 Å². The van der Waals surface area contributed by atoms with Crippen molar-refractivity contribution >= 4 is 5.91 Å². The number of aromatic nitrogens is 2. The van der Waals surface area contributed by atoms with Crippen molar-refractivity contribution in [3.63, 3.8) is 0 Å². The Morgan fingerprint density at radius 1 is 1.47 bits per heavy atom. The lowest BCUT2D eigenvalue weighted by atomic mass is 10.2. The number of nitrogens with one attached hydrogen (secondary N) is 1. The molecule has 0 aliphatic carbocycles. The van der Waals surface area contributed by atoms with E-state index in [2.05, 4.69) is 10.4 Å². The molecule has 1 atom stereocenters. The number of nitrogens with zero attached hydrogens (tertiary/aromatic N) is 3. The largest absolute Gasteiger partial charge is 0.390 e. The molecule has 1 amide bonds. The van der Waals surface area contributed by atoms with Gasteiger partial charge in [-0.2, -0.15) is 5.10 Å². The number of carbonyl (C=O) groups excluding carboxylic acids is 1. The summed E-state index contributed by atoms with van der Waals surface area (Å²) in [6, 6.07) is 0. The maximum atomic E-state index is 12.1. The summed E-state index contributed by atoms with van der Waals surface area (Å²) in [6.07, 6.45) is -0.569. The van der Waals surface area contributed by atoms with Gasteiger partial charge in [-0.25, -0.2) is 0 Å². The topological polar surface area (TPSA) is 70.4 Å². The number of amides is 1. The first-order valence-electron chi connectivity index (χ1n) is 6.51. The molecule has 0 aliphatic heterocycles. The monoisotopic (exact) mass is 268 g/mol. The van der Waals surface area contributed by atoms with Crippen LogP contribution in [-0.2, 0) is 6.54 Å². The molecule has 1 rings (SSSR count). The van der Waals surface area contributed by atoms with Gasteiger partial charge in [0, 0.05) is 25.3 Å². The minimum absolute atomic E-state index is 0.174. The molecule has 2 N–H and O–H groups in total. The summed E-state index contributed by atoms with van der Waals surface area (Å²) >= 11 is 0. The minimum Gasteiger partial charge on any atom is -0.390 e. The van der Waals surface area contributed by atoms with Gasteiger partial charge in [0.2, 0.25) is 0 Å². The van der Waals surface area contributed by atoms with E-state index in [1.54, 1.807) is 4.68 Å². The molecule has 0 bridgehead atoms. The number of aryl methyl sites for hydroxylation is 2. The van der Waals surface area contributed by atoms with Gasteiger partial charge in [0.15, 0.2) is 0 Å². The van der Waals surface area contributed by atoms with Crippen LogP contribution in [0.1, 0.15) is 28.7 Å². The molecule has 0 saturated carbocycles. The van der Waals surface area contributed by atoms with Crippen molar-refractivity contribution in [2.24, 2.45) is 0 Å². The summed E-state index contributed by atoms with van der Waals surface area (Å²) in [5, 5.41) is 16.8. The van der Waals surface area contributed by atoms with Gasteiger partial charge in [0.1, 0.15) is 0 Å². The van der Waals surface area contributed by atoms with Crippen LogP contribution in [0.25, 0.3) is 0 Å². The Morgan fingerprint density at radius 3 is 2.58 bits per heavy atom. The van der Waals surface area contributed by atoms with E-state index in [-0.39, 0.29) is 12.5 Å². The first kappa shape index (κ1) is 15.7. The van der Waals surface area contributed by atoms with Crippen LogP contribution < -0.4 is 5.32 Å². The average molecular weight is 268 g/mol. The van der Waals surface area contributed by atoms with Gasteiger partial charge in [0.25, 0.3) is 5.91 Å². The number of rotatable bonds is 6. The van der Waals surface area contributed by atoms with E-state index >= 15 is 0 Å². The van der Waals surface area contributed by atoms with Gasteiger partial charge in [-0.15, -0.1) is 0 Å². The molecule has 0 saturated heterocycles. The lowest BCUT2D eigenvalue weighted by Crippen LogP contribution is -2.38. The Labute approximate surface area is 114 Å². The van der Waals surface area contributed by atoms with Gasteiger partial charge in [-0.3, -0.25) is 9.48 Å². The highest BCUT2D eigenvalue weighted by Crippen LogP contribution is 2.12. The summed E-state index contributed by atoms with van der Waals surface area (Å²) in [4.78, 5) is 14.0. The Morgan fingerprint density at radius 2 is 2.11 bits per heavy atom. The van der Waals surface area contributed by atoms with Crippen molar-refractivity contribution in [2.45, 2.75) is 33.4 Å². The first-order chi connectivity index (χ1) is 8.86. The summed E-state index contributed by atoms with van der Waals surface area (Å²) < 4.78 is 1.81. The van der Waals surface area contributed by atoms with Gasteiger partial charge in [-0.05, 0) is 34.9 Å². The van der Waals surface area contributed by atoms with Crippen LogP contribution in [0.2, 0.25) is 0 Å². The van der Waals surface area contributed by atoms with Gasteiger partial charge < -0.3 is 15.3 Å². The maximum absolute atomic E-state index is 12.1. The highest BCUT2D eigenvalue weighted by atomic mass is 16.3. The van der Waals surface area contributed by atoms with Gasteiger partial charge in [-0.1, -0.05) is 0 Å². The van der Waals surface area contributed by atoms with Crippen LogP contribution in [-0.4, -0.2) is 59.0 Å². The average Bonchev–Trinajstić information content (AvgIpc) is 2.60. The fourth-order valence-electron chi connectivity index (χ4n) is 2.12. The standard InChI is InChI=1S/C13H24N4O2/c1-6-17-10(3)12(9(2)15-17)13(19)14-7-11(18)8-16(4)5/h11,18H,6-8H2,1-5H3,(H,14,19). The molecule has 19 heavy (non-hydrogen) atoms. The molecular formula is C13H24N4O2. The lowest BCUT2D eigenvalue weighted by molar-refractivity contribution is 0.0891. The van der Waals surface area contributed by atoms with E-state index in [1.807, 2.05) is 39.8 Å². The van der Waals surface area contributed by atoms with Crippen LogP contribution in [0.3, 0.4) is 0 Å². The van der Waals surface area contributed by atoms with Gasteiger partial charge >= 0.3 is 0 Å². The second-order valence-electron chi connectivity index (χ2n) is 4.99. The summed E-state index contributed by atoms with van der Waals surface area (Å²) in [6.45, 7) is 7.20. The zero-order chi connectivity index (χ0) is 14.6. The Bertz CT molecular complexity index is 440. The van der Waals surface area contributed by atoms with E-state index in [9.17, 15) is 9.90 Å². The van der Waals surface area contributed by atoms with E-state index < -0.39 is 6.10 Å². The van der Waals surface area contributed by atoms with Crippen LogP contribution in [0, 0.1) is 13.8 Å².